The van der Waals surface area contributed by atoms with Gasteiger partial charge >= 0.3 is 0 Å². The Balaban J connectivity index is 0. The molecule has 1 amide bonds. The average Bonchev–Trinajstić information content (AvgIpc) is 2.26. The van der Waals surface area contributed by atoms with Crippen LogP contribution in [0.2, 0.25) is 0 Å². The van der Waals surface area contributed by atoms with Crippen LogP contribution in [0.25, 0.3) is 0 Å². The van der Waals surface area contributed by atoms with Gasteiger partial charge in [-0.3, -0.25) is 4.79 Å². The summed E-state index contributed by atoms with van der Waals surface area (Å²) in [4.78, 5) is 13.0. The van der Waals surface area contributed by atoms with Crippen LogP contribution in [0.1, 0.15) is 20.3 Å². The van der Waals surface area contributed by atoms with Crippen LogP contribution in [0.5, 0.6) is 0 Å². The van der Waals surface area contributed by atoms with Crippen LogP contribution in [-0.4, -0.2) is 23.9 Å². The molecule has 0 fully saturated rings. The van der Waals surface area contributed by atoms with Crippen LogP contribution >= 0.6 is 0 Å². The molecule has 0 aliphatic carbocycles. The minimum absolute atomic E-state index is 0.121. The molecule has 86 valence electrons. The first-order valence-electron chi connectivity index (χ1n) is 5.10. The van der Waals surface area contributed by atoms with Crippen molar-refractivity contribution in [3.8, 4) is 0 Å². The van der Waals surface area contributed by atoms with E-state index in [9.17, 15) is 4.79 Å². The van der Waals surface area contributed by atoms with Gasteiger partial charge < -0.3 is 4.90 Å². The van der Waals surface area contributed by atoms with E-state index in [2.05, 4.69) is 33.2 Å². The minimum Gasteiger partial charge on any atom is -0.342 e. The summed E-state index contributed by atoms with van der Waals surface area (Å²) in [5, 5.41) is 0. The molecule has 0 saturated carbocycles. The lowest BCUT2D eigenvalue weighted by atomic mass is 10.1. The molecule has 0 aliphatic rings. The fraction of sp³-hybridized carbons (Fsp3) is 0.462. The molecule has 15 heavy (non-hydrogen) atoms. The minimum atomic E-state index is 0.121. The number of carbonyl (C=O) groups is 1. The predicted octanol–water partition coefficient (Wildman–Crippen LogP) is 3.04. The number of carbonyl (C=O) groups excluding carboxylic acids is 1. The summed E-state index contributed by atoms with van der Waals surface area (Å²) < 4.78 is 0. The Kier molecular flexibility index (Phi) is 11.6. The first-order chi connectivity index (χ1) is 7.11. The van der Waals surface area contributed by atoms with Crippen molar-refractivity contribution in [2.75, 3.05) is 13.1 Å². The van der Waals surface area contributed by atoms with Gasteiger partial charge in [-0.2, -0.15) is 0 Å². The standard InChI is InChI=1S/C11H19NO.C2H4/c1-5-7-8-12(11(4)13)9-10(3)6-2;1-2/h5-6,10H,1-2,7-9H2,3-4H3;1-2H2. The molecule has 2 nitrogen and oxygen atoms in total. The van der Waals surface area contributed by atoms with E-state index in [-0.39, 0.29) is 5.91 Å². The van der Waals surface area contributed by atoms with Gasteiger partial charge in [0.25, 0.3) is 0 Å². The third-order valence-electron chi connectivity index (χ3n) is 1.96. The fourth-order valence-electron chi connectivity index (χ4n) is 1.05. The number of hydrogen-bond acceptors (Lipinski definition) is 1. The monoisotopic (exact) mass is 209 g/mol. The molecule has 0 heterocycles. The van der Waals surface area contributed by atoms with Crippen LogP contribution in [-0.2, 0) is 4.79 Å². The Hall–Kier alpha value is -1.31. The Morgan fingerprint density at radius 1 is 1.40 bits per heavy atom. The van der Waals surface area contributed by atoms with Gasteiger partial charge in [0, 0.05) is 20.0 Å². The lowest BCUT2D eigenvalue weighted by Crippen LogP contribution is -2.33. The molecule has 0 spiro atoms. The summed E-state index contributed by atoms with van der Waals surface area (Å²) in [6.07, 6.45) is 4.54. The highest BCUT2D eigenvalue weighted by atomic mass is 16.2. The number of hydrogen-bond donors (Lipinski definition) is 0. The maximum absolute atomic E-state index is 11.2. The normalized spacial score (nSPS) is 10.5. The molecule has 1 unspecified atom stereocenters. The maximum Gasteiger partial charge on any atom is 0.219 e. The third kappa shape index (κ3) is 9.01. The van der Waals surface area contributed by atoms with Crippen LogP contribution in [0.3, 0.4) is 0 Å². The largest absolute Gasteiger partial charge is 0.342 e. The Morgan fingerprint density at radius 2 is 1.93 bits per heavy atom. The van der Waals surface area contributed by atoms with E-state index < -0.39 is 0 Å². The molecule has 0 radical (unpaired) electrons. The highest BCUT2D eigenvalue weighted by Gasteiger charge is 2.09. The summed E-state index contributed by atoms with van der Waals surface area (Å²) in [7, 11) is 0. The molecule has 0 aliphatic heterocycles. The zero-order chi connectivity index (χ0) is 12.3. The second-order valence-electron chi connectivity index (χ2n) is 3.26. The number of nitrogens with zero attached hydrogens (tertiary/aromatic N) is 1. The summed E-state index contributed by atoms with van der Waals surface area (Å²) in [5.41, 5.74) is 0. The van der Waals surface area contributed by atoms with Gasteiger partial charge in [-0.05, 0) is 12.3 Å². The SMILES string of the molecule is C=C.C=CCCN(CC(C)C=C)C(C)=O. The maximum atomic E-state index is 11.2. The van der Waals surface area contributed by atoms with Gasteiger partial charge in [0.05, 0.1) is 0 Å². The molecule has 0 bridgehead atoms. The second kappa shape index (κ2) is 10.8. The van der Waals surface area contributed by atoms with Crippen molar-refractivity contribution in [1.29, 1.82) is 0 Å². The van der Waals surface area contributed by atoms with Crippen molar-refractivity contribution in [2.24, 2.45) is 5.92 Å². The van der Waals surface area contributed by atoms with Crippen LogP contribution in [0.4, 0.5) is 0 Å². The van der Waals surface area contributed by atoms with E-state index in [4.69, 9.17) is 0 Å². The van der Waals surface area contributed by atoms with Gasteiger partial charge in [-0.25, -0.2) is 0 Å². The van der Waals surface area contributed by atoms with E-state index in [0.717, 1.165) is 19.5 Å². The molecule has 0 saturated heterocycles. The summed E-state index contributed by atoms with van der Waals surface area (Å²) in [6, 6.07) is 0. The van der Waals surface area contributed by atoms with Crippen molar-refractivity contribution in [2.45, 2.75) is 20.3 Å². The molecule has 2 heteroatoms. The smallest absolute Gasteiger partial charge is 0.219 e. The third-order valence-corrected chi connectivity index (χ3v) is 1.96. The number of rotatable bonds is 6. The van der Waals surface area contributed by atoms with Crippen molar-refractivity contribution < 1.29 is 4.79 Å². The summed E-state index contributed by atoms with van der Waals surface area (Å²) in [5.74, 6) is 0.476. The highest BCUT2D eigenvalue weighted by molar-refractivity contribution is 5.73. The summed E-state index contributed by atoms with van der Waals surface area (Å²) in [6.45, 7) is 18.5. The van der Waals surface area contributed by atoms with Crippen molar-refractivity contribution in [3.63, 3.8) is 0 Å². The molecule has 0 N–H and O–H groups in total. The van der Waals surface area contributed by atoms with Crippen molar-refractivity contribution in [3.05, 3.63) is 38.5 Å². The molecular formula is C13H23NO. The van der Waals surface area contributed by atoms with E-state index >= 15 is 0 Å². The molecular weight excluding hydrogens is 186 g/mol. The van der Waals surface area contributed by atoms with E-state index in [0.29, 0.717) is 5.92 Å². The first-order valence-corrected chi connectivity index (χ1v) is 5.10. The lowest BCUT2D eigenvalue weighted by molar-refractivity contribution is -0.129. The molecule has 0 aromatic carbocycles. The van der Waals surface area contributed by atoms with Gasteiger partial charge in [-0.15, -0.1) is 26.3 Å². The Bertz CT molecular complexity index is 199. The van der Waals surface area contributed by atoms with E-state index in [1.165, 1.54) is 0 Å². The molecule has 0 aromatic rings. The second-order valence-corrected chi connectivity index (χ2v) is 3.26. The van der Waals surface area contributed by atoms with E-state index in [1.54, 1.807) is 6.92 Å². The van der Waals surface area contributed by atoms with Crippen LogP contribution < -0.4 is 0 Å². The van der Waals surface area contributed by atoms with E-state index in [1.807, 2.05) is 17.1 Å². The lowest BCUT2D eigenvalue weighted by Gasteiger charge is -2.22. The van der Waals surface area contributed by atoms with Gasteiger partial charge in [0.1, 0.15) is 0 Å². The quantitative estimate of drug-likeness (QED) is 0.616. The first kappa shape index (κ1) is 16.1. The topological polar surface area (TPSA) is 20.3 Å². The van der Waals surface area contributed by atoms with Crippen molar-refractivity contribution in [1.82, 2.24) is 4.90 Å². The fourth-order valence-corrected chi connectivity index (χ4v) is 1.05. The average molecular weight is 209 g/mol. The van der Waals surface area contributed by atoms with Crippen LogP contribution in [0.15, 0.2) is 38.5 Å². The highest BCUT2D eigenvalue weighted by Crippen LogP contribution is 2.02. The molecule has 1 atom stereocenters. The van der Waals surface area contributed by atoms with Crippen molar-refractivity contribution >= 4 is 5.91 Å². The summed E-state index contributed by atoms with van der Waals surface area (Å²) >= 11 is 0. The molecule has 0 aromatic heterocycles. The van der Waals surface area contributed by atoms with Gasteiger partial charge in [0.15, 0.2) is 0 Å². The Labute approximate surface area is 94.0 Å². The van der Waals surface area contributed by atoms with Gasteiger partial charge in [0.2, 0.25) is 5.91 Å². The number of amides is 1. The predicted molar refractivity (Wildman–Crippen MR) is 67.7 cm³/mol. The molecule has 0 rings (SSSR count). The zero-order valence-electron chi connectivity index (χ0n) is 10.0. The van der Waals surface area contributed by atoms with Crippen LogP contribution in [0, 0.1) is 5.92 Å². The Morgan fingerprint density at radius 3 is 2.27 bits per heavy atom. The van der Waals surface area contributed by atoms with Gasteiger partial charge in [-0.1, -0.05) is 19.1 Å². The zero-order valence-corrected chi connectivity index (χ0v) is 10.0.